The van der Waals surface area contributed by atoms with Gasteiger partial charge in [0.05, 0.1) is 19.4 Å². The topological polar surface area (TPSA) is 64.1 Å². The highest BCUT2D eigenvalue weighted by Crippen LogP contribution is 2.36. The maximum atomic E-state index is 13.7. The molecule has 10 heteroatoms. The standard InChI is InChI=1S/C35H40FN3O4S2/c1-6-42-34(40)35(3,4)43-31-15-14-29(20-24(31)2)44-23-32-30(37-33(45-32)25-10-12-26(36)13-11-25)22-38-16-18-39(19-17-38)27-8-7-9-28(21-27)41-5/h7-15,20-21H,6,16-19,22-23H2,1-5H3. The molecule has 0 bridgehead atoms. The van der Waals surface area contributed by atoms with Crippen molar-refractivity contribution in [1.82, 2.24) is 9.88 Å². The highest BCUT2D eigenvalue weighted by molar-refractivity contribution is 7.98. The molecule has 1 aliphatic rings. The lowest BCUT2D eigenvalue weighted by Crippen LogP contribution is -2.46. The van der Waals surface area contributed by atoms with E-state index in [1.807, 2.05) is 31.2 Å². The van der Waals surface area contributed by atoms with Gasteiger partial charge in [0.25, 0.3) is 0 Å². The smallest absolute Gasteiger partial charge is 0.349 e. The number of carbonyl (C=O) groups excluding carboxylic acids is 1. The van der Waals surface area contributed by atoms with Gasteiger partial charge in [-0.3, -0.25) is 4.90 Å². The molecule has 4 aromatic rings. The van der Waals surface area contributed by atoms with Crippen molar-refractivity contribution < 1.29 is 23.4 Å². The first-order chi connectivity index (χ1) is 21.6. The third-order valence-corrected chi connectivity index (χ3v) is 10.0. The zero-order valence-electron chi connectivity index (χ0n) is 26.5. The minimum absolute atomic E-state index is 0.256. The number of hydrogen-bond donors (Lipinski definition) is 0. The van der Waals surface area contributed by atoms with Gasteiger partial charge in [-0.2, -0.15) is 0 Å². The number of benzene rings is 3. The van der Waals surface area contributed by atoms with E-state index in [0.29, 0.717) is 12.4 Å². The van der Waals surface area contributed by atoms with E-state index in [-0.39, 0.29) is 11.8 Å². The van der Waals surface area contributed by atoms with Crippen LogP contribution >= 0.6 is 23.1 Å². The van der Waals surface area contributed by atoms with Gasteiger partial charge in [0.1, 0.15) is 22.3 Å². The molecule has 2 heterocycles. The van der Waals surface area contributed by atoms with Crippen LogP contribution in [0.2, 0.25) is 0 Å². The summed E-state index contributed by atoms with van der Waals surface area (Å²) in [6.07, 6.45) is 0. The second-order valence-corrected chi connectivity index (χ2v) is 13.5. The predicted molar refractivity (Wildman–Crippen MR) is 180 cm³/mol. The number of carbonyl (C=O) groups is 1. The van der Waals surface area contributed by atoms with E-state index in [4.69, 9.17) is 19.2 Å². The molecule has 1 aromatic heterocycles. The highest BCUT2D eigenvalue weighted by atomic mass is 32.2. The van der Waals surface area contributed by atoms with E-state index in [1.165, 1.54) is 22.7 Å². The molecule has 0 saturated carbocycles. The van der Waals surface area contributed by atoms with Gasteiger partial charge in [-0.05, 0) is 87.9 Å². The summed E-state index contributed by atoms with van der Waals surface area (Å²) >= 11 is 3.41. The second kappa shape index (κ2) is 14.7. The maximum absolute atomic E-state index is 13.7. The number of anilines is 1. The summed E-state index contributed by atoms with van der Waals surface area (Å²) in [7, 11) is 1.70. The number of aromatic nitrogens is 1. The number of methoxy groups -OCH3 is 1. The number of hydrogen-bond acceptors (Lipinski definition) is 9. The maximum Gasteiger partial charge on any atom is 0.349 e. The average molecular weight is 650 g/mol. The van der Waals surface area contributed by atoms with Crippen LogP contribution in [0.5, 0.6) is 11.5 Å². The van der Waals surface area contributed by atoms with Crippen LogP contribution in [0.25, 0.3) is 10.6 Å². The van der Waals surface area contributed by atoms with Crippen molar-refractivity contribution in [3.63, 3.8) is 0 Å². The van der Waals surface area contributed by atoms with Gasteiger partial charge in [-0.1, -0.05) is 6.07 Å². The first-order valence-electron chi connectivity index (χ1n) is 15.1. The Morgan fingerprint density at radius 1 is 1.04 bits per heavy atom. The Bertz CT molecular complexity index is 1600. The molecule has 238 valence electrons. The van der Waals surface area contributed by atoms with Crippen LogP contribution in [0.15, 0.2) is 71.6 Å². The Morgan fingerprint density at radius 3 is 2.49 bits per heavy atom. The summed E-state index contributed by atoms with van der Waals surface area (Å²) in [5, 5.41) is 0.900. The first-order valence-corrected chi connectivity index (χ1v) is 16.9. The summed E-state index contributed by atoms with van der Waals surface area (Å²) in [6, 6.07) is 20.8. The number of nitrogens with zero attached hydrogens (tertiary/aromatic N) is 3. The molecule has 0 N–H and O–H groups in total. The summed E-state index contributed by atoms with van der Waals surface area (Å²) in [5.41, 5.74) is 3.03. The summed E-state index contributed by atoms with van der Waals surface area (Å²) < 4.78 is 30.3. The molecule has 1 saturated heterocycles. The van der Waals surface area contributed by atoms with Crippen LogP contribution in [0.4, 0.5) is 10.1 Å². The first kappa shape index (κ1) is 32.8. The molecule has 0 atom stereocenters. The fourth-order valence-electron chi connectivity index (χ4n) is 5.12. The van der Waals surface area contributed by atoms with Crippen molar-refractivity contribution in [3.05, 3.63) is 88.7 Å². The molecule has 1 fully saturated rings. The number of aryl methyl sites for hydroxylation is 1. The zero-order valence-corrected chi connectivity index (χ0v) is 28.1. The Morgan fingerprint density at radius 2 is 1.80 bits per heavy atom. The Labute approximate surface area is 273 Å². The van der Waals surface area contributed by atoms with Crippen molar-refractivity contribution in [2.24, 2.45) is 0 Å². The minimum atomic E-state index is -1.08. The number of rotatable bonds is 12. The van der Waals surface area contributed by atoms with Gasteiger partial charge in [-0.25, -0.2) is 14.2 Å². The lowest BCUT2D eigenvalue weighted by Gasteiger charge is -2.36. The molecule has 7 nitrogen and oxygen atoms in total. The molecule has 0 amide bonds. The fourth-order valence-corrected chi connectivity index (χ4v) is 7.29. The zero-order chi connectivity index (χ0) is 32.0. The van der Waals surface area contributed by atoms with Crippen LogP contribution < -0.4 is 14.4 Å². The van der Waals surface area contributed by atoms with E-state index < -0.39 is 5.60 Å². The molecule has 0 unspecified atom stereocenters. The molecular weight excluding hydrogens is 610 g/mol. The summed E-state index contributed by atoms with van der Waals surface area (Å²) in [6.45, 7) is 12.0. The second-order valence-electron chi connectivity index (χ2n) is 11.4. The Balaban J connectivity index is 1.28. The van der Waals surface area contributed by atoms with Crippen LogP contribution in [0.3, 0.4) is 0 Å². The summed E-state index contributed by atoms with van der Waals surface area (Å²) in [4.78, 5) is 24.5. The van der Waals surface area contributed by atoms with Gasteiger partial charge >= 0.3 is 5.97 Å². The average Bonchev–Trinajstić information content (AvgIpc) is 3.44. The monoisotopic (exact) mass is 649 g/mol. The van der Waals surface area contributed by atoms with Crippen molar-refractivity contribution in [1.29, 1.82) is 0 Å². The van der Waals surface area contributed by atoms with Gasteiger partial charge in [-0.15, -0.1) is 23.1 Å². The largest absolute Gasteiger partial charge is 0.497 e. The third-order valence-electron chi connectivity index (χ3n) is 7.68. The molecule has 0 aliphatic carbocycles. The number of thiazole rings is 1. The van der Waals surface area contributed by atoms with Gasteiger partial charge in [0.2, 0.25) is 0 Å². The molecule has 1 aliphatic heterocycles. The number of ether oxygens (including phenoxy) is 3. The van der Waals surface area contributed by atoms with E-state index in [9.17, 15) is 9.18 Å². The van der Waals surface area contributed by atoms with Crippen molar-refractivity contribution in [2.75, 3.05) is 44.8 Å². The van der Waals surface area contributed by atoms with Gasteiger partial charge < -0.3 is 19.1 Å². The number of thioether (sulfide) groups is 1. The fraction of sp³-hybridized carbons (Fsp3) is 0.371. The Kier molecular flexibility index (Phi) is 10.7. The number of esters is 1. The van der Waals surface area contributed by atoms with Crippen LogP contribution in [0, 0.1) is 12.7 Å². The van der Waals surface area contributed by atoms with Crippen molar-refractivity contribution >= 4 is 34.8 Å². The molecule has 0 radical (unpaired) electrons. The van der Waals surface area contributed by atoms with E-state index >= 15 is 0 Å². The van der Waals surface area contributed by atoms with Gasteiger partial charge in [0.15, 0.2) is 5.60 Å². The quantitative estimate of drug-likeness (QED) is 0.115. The van der Waals surface area contributed by atoms with E-state index in [1.54, 1.807) is 63.1 Å². The number of piperazine rings is 1. The third kappa shape index (κ3) is 8.36. The van der Waals surface area contributed by atoms with E-state index in [0.717, 1.165) is 71.0 Å². The minimum Gasteiger partial charge on any atom is -0.497 e. The SMILES string of the molecule is CCOC(=O)C(C)(C)Oc1ccc(SCc2sc(-c3ccc(F)cc3)nc2CN2CCN(c3cccc(OC)c3)CC2)cc1C. The van der Waals surface area contributed by atoms with Crippen molar-refractivity contribution in [2.45, 2.75) is 50.5 Å². The molecule has 45 heavy (non-hydrogen) atoms. The van der Waals surface area contributed by atoms with Crippen LogP contribution in [0.1, 0.15) is 36.9 Å². The molecule has 0 spiro atoms. The van der Waals surface area contributed by atoms with Crippen LogP contribution in [-0.2, 0) is 21.8 Å². The molecule has 5 rings (SSSR count). The molecular formula is C35H40FN3O4S2. The van der Waals surface area contributed by atoms with Crippen molar-refractivity contribution in [3.8, 4) is 22.1 Å². The lowest BCUT2D eigenvalue weighted by atomic mass is 10.1. The highest BCUT2D eigenvalue weighted by Gasteiger charge is 2.32. The van der Waals surface area contributed by atoms with Crippen LogP contribution in [-0.4, -0.2) is 61.3 Å². The Hall–Kier alpha value is -3.60. The lowest BCUT2D eigenvalue weighted by molar-refractivity contribution is -0.158. The number of halogens is 1. The normalized spacial score (nSPS) is 14.0. The van der Waals surface area contributed by atoms with E-state index in [2.05, 4.69) is 28.0 Å². The molecule has 3 aromatic carbocycles. The predicted octanol–water partition coefficient (Wildman–Crippen LogP) is 7.60. The summed E-state index contributed by atoms with van der Waals surface area (Å²) in [5.74, 6) is 1.63. The van der Waals surface area contributed by atoms with Gasteiger partial charge in [0, 0.05) is 65.6 Å².